The highest BCUT2D eigenvalue weighted by Gasteiger charge is 2.30. The molecule has 0 atom stereocenters. The molecule has 0 bridgehead atoms. The van der Waals surface area contributed by atoms with Crippen molar-refractivity contribution < 1.29 is 18.0 Å². The zero-order chi connectivity index (χ0) is 17.7. The van der Waals surface area contributed by atoms with Gasteiger partial charge in [0.05, 0.1) is 11.3 Å². The first-order chi connectivity index (χ1) is 11.3. The summed E-state index contributed by atoms with van der Waals surface area (Å²) in [4.78, 5) is 15.7. The lowest BCUT2D eigenvalue weighted by Crippen LogP contribution is -2.32. The van der Waals surface area contributed by atoms with Gasteiger partial charge in [-0.2, -0.15) is 13.2 Å². The monoisotopic (exact) mass is 336 g/mol. The number of carbonyl (C=O) groups excluding carboxylic acids is 1. The van der Waals surface area contributed by atoms with Gasteiger partial charge in [-0.05, 0) is 23.8 Å². The number of halogens is 3. The van der Waals surface area contributed by atoms with E-state index in [-0.39, 0.29) is 23.5 Å². The van der Waals surface area contributed by atoms with E-state index >= 15 is 0 Å². The molecule has 24 heavy (non-hydrogen) atoms. The zero-order valence-electron chi connectivity index (χ0n) is 12.7. The van der Waals surface area contributed by atoms with Gasteiger partial charge in [-0.25, -0.2) is 0 Å². The molecule has 0 aromatic heterocycles. The maximum atomic E-state index is 12.7. The second-order valence-corrected chi connectivity index (χ2v) is 4.92. The van der Waals surface area contributed by atoms with E-state index < -0.39 is 17.6 Å². The van der Waals surface area contributed by atoms with Gasteiger partial charge in [-0.3, -0.25) is 9.79 Å². The molecule has 0 aliphatic carbocycles. The van der Waals surface area contributed by atoms with Crippen molar-refractivity contribution in [3.8, 4) is 0 Å². The molecule has 0 unspecified atom stereocenters. The van der Waals surface area contributed by atoms with Gasteiger partial charge in [0.2, 0.25) is 0 Å². The Morgan fingerprint density at radius 1 is 1.38 bits per heavy atom. The quantitative estimate of drug-likeness (QED) is 0.790. The minimum absolute atomic E-state index is 0.0709. The van der Waals surface area contributed by atoms with Crippen LogP contribution < -0.4 is 10.6 Å². The van der Waals surface area contributed by atoms with Crippen LogP contribution in [0.3, 0.4) is 0 Å². The standard InChI is InChI=1S/C16H15F3N4O/c1-21-15(24)14-12(13(20)5-6-23-14)9-22-8-10-3-2-4-11(7-10)16(17,18)19/h2-7,9,20,22H,8H2,1H3,(H,21,24)/b12-9+,20-13?. The summed E-state index contributed by atoms with van der Waals surface area (Å²) in [5.41, 5.74) is 0.124. The first kappa shape index (κ1) is 17.5. The van der Waals surface area contributed by atoms with Crippen LogP contribution in [0.2, 0.25) is 0 Å². The molecule has 1 aromatic rings. The van der Waals surface area contributed by atoms with E-state index in [1.807, 2.05) is 0 Å². The van der Waals surface area contributed by atoms with Crippen molar-refractivity contribution in [1.82, 2.24) is 10.6 Å². The van der Waals surface area contributed by atoms with E-state index in [0.29, 0.717) is 5.56 Å². The Kier molecular flexibility index (Phi) is 5.18. The molecule has 1 heterocycles. The Balaban J connectivity index is 2.13. The van der Waals surface area contributed by atoms with Gasteiger partial charge in [-0.1, -0.05) is 12.1 Å². The third-order valence-electron chi connectivity index (χ3n) is 3.24. The average Bonchev–Trinajstić information content (AvgIpc) is 2.55. The first-order valence-electron chi connectivity index (χ1n) is 6.98. The van der Waals surface area contributed by atoms with Crippen molar-refractivity contribution in [2.45, 2.75) is 12.7 Å². The fraction of sp³-hybridized carbons (Fsp3) is 0.188. The van der Waals surface area contributed by atoms with Crippen molar-refractivity contribution in [3.05, 3.63) is 59.4 Å². The van der Waals surface area contributed by atoms with Crippen LogP contribution in [0.15, 0.2) is 53.3 Å². The predicted molar refractivity (Wildman–Crippen MR) is 84.7 cm³/mol. The lowest BCUT2D eigenvalue weighted by atomic mass is 10.0. The van der Waals surface area contributed by atoms with Crippen LogP contribution in [0.4, 0.5) is 13.2 Å². The number of hydrogen-bond donors (Lipinski definition) is 3. The molecule has 1 aliphatic rings. The van der Waals surface area contributed by atoms with Gasteiger partial charge in [0, 0.05) is 31.6 Å². The number of alkyl halides is 3. The van der Waals surface area contributed by atoms with Gasteiger partial charge in [0.15, 0.2) is 0 Å². The third kappa shape index (κ3) is 4.09. The second kappa shape index (κ2) is 7.12. The number of amides is 1. The Morgan fingerprint density at radius 3 is 2.79 bits per heavy atom. The molecule has 3 N–H and O–H groups in total. The van der Waals surface area contributed by atoms with E-state index in [0.717, 1.165) is 12.1 Å². The van der Waals surface area contributed by atoms with Crippen molar-refractivity contribution in [1.29, 1.82) is 5.41 Å². The normalized spacial score (nSPS) is 16.1. The number of nitrogens with one attached hydrogen (secondary N) is 3. The van der Waals surface area contributed by atoms with Crippen LogP contribution in [-0.2, 0) is 17.5 Å². The molecular formula is C16H15F3N4O. The first-order valence-corrected chi connectivity index (χ1v) is 6.98. The Morgan fingerprint density at radius 2 is 2.12 bits per heavy atom. The zero-order valence-corrected chi connectivity index (χ0v) is 12.7. The predicted octanol–water partition coefficient (Wildman–Crippen LogP) is 2.41. The maximum absolute atomic E-state index is 12.7. The molecule has 1 aromatic carbocycles. The largest absolute Gasteiger partial charge is 0.416 e. The van der Waals surface area contributed by atoms with Crippen LogP contribution >= 0.6 is 0 Å². The van der Waals surface area contributed by atoms with Gasteiger partial charge >= 0.3 is 6.18 Å². The fourth-order valence-electron chi connectivity index (χ4n) is 2.05. The summed E-state index contributed by atoms with van der Waals surface area (Å²) in [5, 5.41) is 13.1. The van der Waals surface area contributed by atoms with Crippen LogP contribution in [0, 0.1) is 5.41 Å². The summed E-state index contributed by atoms with van der Waals surface area (Å²) in [7, 11) is 1.44. The van der Waals surface area contributed by atoms with Gasteiger partial charge in [-0.15, -0.1) is 0 Å². The average molecular weight is 336 g/mol. The van der Waals surface area contributed by atoms with E-state index in [1.54, 1.807) is 6.07 Å². The smallest absolute Gasteiger partial charge is 0.386 e. The van der Waals surface area contributed by atoms with Crippen LogP contribution in [0.1, 0.15) is 11.1 Å². The third-order valence-corrected chi connectivity index (χ3v) is 3.24. The number of benzene rings is 1. The Bertz CT molecular complexity index is 748. The van der Waals surface area contributed by atoms with Crippen molar-refractivity contribution in [2.75, 3.05) is 7.05 Å². The lowest BCUT2D eigenvalue weighted by molar-refractivity contribution is -0.137. The van der Waals surface area contributed by atoms with Gasteiger partial charge < -0.3 is 16.0 Å². The van der Waals surface area contributed by atoms with Crippen molar-refractivity contribution in [3.63, 3.8) is 0 Å². The Hall–Kier alpha value is -2.90. The fourth-order valence-corrected chi connectivity index (χ4v) is 2.05. The molecule has 1 aliphatic heterocycles. The summed E-state index contributed by atoms with van der Waals surface area (Å²) in [6.07, 6.45) is -0.231. The molecule has 126 valence electrons. The second-order valence-electron chi connectivity index (χ2n) is 4.92. The number of rotatable bonds is 4. The minimum atomic E-state index is -4.40. The van der Waals surface area contributed by atoms with Crippen LogP contribution in [0.25, 0.3) is 0 Å². The van der Waals surface area contributed by atoms with E-state index in [4.69, 9.17) is 5.41 Å². The summed E-state index contributed by atoms with van der Waals surface area (Å²) < 4.78 is 38.0. The molecule has 1 amide bonds. The molecule has 2 rings (SSSR count). The molecule has 8 heteroatoms. The highest BCUT2D eigenvalue weighted by Crippen LogP contribution is 2.29. The van der Waals surface area contributed by atoms with Gasteiger partial charge in [0.1, 0.15) is 5.71 Å². The van der Waals surface area contributed by atoms with Crippen molar-refractivity contribution in [2.24, 2.45) is 4.99 Å². The summed E-state index contributed by atoms with van der Waals surface area (Å²) in [5.74, 6) is -0.448. The number of allylic oxidation sites excluding steroid dienone is 1. The van der Waals surface area contributed by atoms with E-state index in [9.17, 15) is 18.0 Å². The highest BCUT2D eigenvalue weighted by atomic mass is 19.4. The number of nitrogens with zero attached hydrogens (tertiary/aromatic N) is 1. The van der Waals surface area contributed by atoms with E-state index in [1.165, 1.54) is 31.6 Å². The maximum Gasteiger partial charge on any atom is 0.416 e. The molecule has 0 saturated carbocycles. The SMILES string of the molecule is CNC(=O)C1=NC=CC(=N)/C1=C\NCc1cccc(C(F)(F)F)c1. The molecule has 5 nitrogen and oxygen atoms in total. The topological polar surface area (TPSA) is 77.3 Å². The molecular weight excluding hydrogens is 321 g/mol. The molecule has 0 spiro atoms. The van der Waals surface area contributed by atoms with Crippen molar-refractivity contribution >= 4 is 17.3 Å². The number of carbonyl (C=O) groups is 1. The summed E-state index contributed by atoms with van der Waals surface area (Å²) in [6, 6.07) is 4.93. The van der Waals surface area contributed by atoms with Gasteiger partial charge in [0.25, 0.3) is 5.91 Å². The Labute approximate surface area is 136 Å². The molecule has 0 saturated heterocycles. The number of hydrogen-bond acceptors (Lipinski definition) is 4. The summed E-state index contributed by atoms with van der Waals surface area (Å²) >= 11 is 0. The summed E-state index contributed by atoms with van der Waals surface area (Å²) in [6.45, 7) is 0.117. The molecule has 0 fully saturated rings. The lowest BCUT2D eigenvalue weighted by Gasteiger charge is -2.13. The minimum Gasteiger partial charge on any atom is -0.386 e. The van der Waals surface area contributed by atoms with Crippen LogP contribution in [-0.4, -0.2) is 24.4 Å². The molecule has 0 radical (unpaired) electrons. The van der Waals surface area contributed by atoms with E-state index in [2.05, 4.69) is 15.6 Å². The highest BCUT2D eigenvalue weighted by molar-refractivity contribution is 6.53. The number of aliphatic imine (C=N–C) groups is 1. The van der Waals surface area contributed by atoms with Crippen LogP contribution in [0.5, 0.6) is 0 Å².